The summed E-state index contributed by atoms with van der Waals surface area (Å²) in [5, 5.41) is 4.06. The van der Waals surface area contributed by atoms with E-state index in [2.05, 4.69) is 31.3 Å². The summed E-state index contributed by atoms with van der Waals surface area (Å²) in [5.74, 6) is 0.979. The van der Waals surface area contributed by atoms with Crippen molar-refractivity contribution in [1.29, 1.82) is 0 Å². The van der Waals surface area contributed by atoms with Gasteiger partial charge in [0, 0.05) is 22.4 Å². The van der Waals surface area contributed by atoms with Crippen LogP contribution in [0.25, 0.3) is 0 Å². The first kappa shape index (κ1) is 9.71. The fourth-order valence-corrected chi connectivity index (χ4v) is 2.67. The second-order valence-electron chi connectivity index (χ2n) is 3.63. The van der Waals surface area contributed by atoms with E-state index < -0.39 is 0 Å². The van der Waals surface area contributed by atoms with Crippen molar-refractivity contribution in [2.75, 3.05) is 19.0 Å². The predicted octanol–water partition coefficient (Wildman–Crippen LogP) is 2.91. The molecular weight excluding hydrogens is 194 g/mol. The van der Waals surface area contributed by atoms with Crippen LogP contribution in [0.5, 0.6) is 5.75 Å². The zero-order valence-corrected chi connectivity index (χ0v) is 9.57. The van der Waals surface area contributed by atoms with Gasteiger partial charge in [-0.05, 0) is 24.6 Å². The van der Waals surface area contributed by atoms with Gasteiger partial charge in [0.2, 0.25) is 0 Å². The number of benzene rings is 1. The summed E-state index contributed by atoms with van der Waals surface area (Å²) in [7, 11) is 1.72. The number of hydrogen-bond acceptors (Lipinski definition) is 3. The summed E-state index contributed by atoms with van der Waals surface area (Å²) >= 11 is 1.91. The van der Waals surface area contributed by atoms with Crippen molar-refractivity contribution in [2.45, 2.75) is 24.0 Å². The van der Waals surface area contributed by atoms with Crippen molar-refractivity contribution < 1.29 is 4.74 Å². The van der Waals surface area contributed by atoms with E-state index in [9.17, 15) is 0 Å². The molecule has 3 heteroatoms. The summed E-state index contributed by atoms with van der Waals surface area (Å²) in [4.78, 5) is 1.30. The first-order valence-electron chi connectivity index (χ1n) is 4.80. The number of methoxy groups -OCH3 is 1. The van der Waals surface area contributed by atoms with Crippen LogP contribution in [0.4, 0.5) is 5.69 Å². The highest BCUT2D eigenvalue weighted by molar-refractivity contribution is 8.00. The normalized spacial score (nSPS) is 19.8. The highest BCUT2D eigenvalue weighted by atomic mass is 32.2. The maximum Gasteiger partial charge on any atom is 0.123 e. The fourth-order valence-electron chi connectivity index (χ4n) is 1.64. The Morgan fingerprint density at radius 2 is 2.29 bits per heavy atom. The average Bonchev–Trinajstić information content (AvgIpc) is 2.17. The summed E-state index contributed by atoms with van der Waals surface area (Å²) in [5.41, 5.74) is 2.43. The molecule has 0 saturated heterocycles. The van der Waals surface area contributed by atoms with E-state index in [0.29, 0.717) is 5.25 Å². The van der Waals surface area contributed by atoms with Crippen LogP contribution in [-0.2, 0) is 0 Å². The van der Waals surface area contributed by atoms with Crippen LogP contribution in [0.2, 0.25) is 0 Å². The van der Waals surface area contributed by atoms with E-state index in [1.54, 1.807) is 7.11 Å². The van der Waals surface area contributed by atoms with Crippen molar-refractivity contribution in [2.24, 2.45) is 0 Å². The Balaban J connectivity index is 2.41. The van der Waals surface area contributed by atoms with E-state index in [0.717, 1.165) is 12.3 Å². The maximum absolute atomic E-state index is 5.31. The molecule has 1 aliphatic heterocycles. The molecule has 1 aliphatic rings. The monoisotopic (exact) mass is 209 g/mol. The largest absolute Gasteiger partial charge is 0.496 e. The number of rotatable bonds is 1. The topological polar surface area (TPSA) is 21.3 Å². The van der Waals surface area contributed by atoms with E-state index in [4.69, 9.17) is 4.74 Å². The third-order valence-electron chi connectivity index (χ3n) is 2.41. The molecule has 2 nitrogen and oxygen atoms in total. The molecule has 1 heterocycles. The molecule has 2 rings (SSSR count). The molecule has 0 bridgehead atoms. The van der Waals surface area contributed by atoms with Gasteiger partial charge in [0.25, 0.3) is 0 Å². The Labute approximate surface area is 89.0 Å². The minimum absolute atomic E-state index is 0.634. The Morgan fingerprint density at radius 3 is 3.00 bits per heavy atom. The summed E-state index contributed by atoms with van der Waals surface area (Å²) in [6, 6.07) is 4.28. The molecule has 76 valence electrons. The van der Waals surface area contributed by atoms with Gasteiger partial charge in [-0.1, -0.05) is 6.92 Å². The number of aryl methyl sites for hydroxylation is 1. The Hall–Kier alpha value is -0.830. The molecular formula is C11H15NOS. The zero-order valence-electron chi connectivity index (χ0n) is 8.76. The smallest absolute Gasteiger partial charge is 0.123 e. The molecule has 0 aromatic heterocycles. The standard InChI is InChI=1S/C11H15NOS/c1-7-4-9-11(5-10(7)13-3)14-8(2)6-12-9/h4-5,8,12H,6H2,1-3H3. The number of hydrogen-bond donors (Lipinski definition) is 1. The summed E-state index contributed by atoms with van der Waals surface area (Å²) in [6.45, 7) is 5.35. The van der Waals surface area contributed by atoms with Crippen LogP contribution in [0.1, 0.15) is 12.5 Å². The third-order valence-corrected chi connectivity index (χ3v) is 3.57. The van der Waals surface area contributed by atoms with E-state index in [1.165, 1.54) is 16.1 Å². The third kappa shape index (κ3) is 1.69. The maximum atomic E-state index is 5.31. The van der Waals surface area contributed by atoms with Gasteiger partial charge in [-0.25, -0.2) is 0 Å². The number of anilines is 1. The van der Waals surface area contributed by atoms with Crippen molar-refractivity contribution in [3.05, 3.63) is 17.7 Å². The molecule has 1 atom stereocenters. The number of thioether (sulfide) groups is 1. The van der Waals surface area contributed by atoms with Gasteiger partial charge in [0.15, 0.2) is 0 Å². The number of nitrogens with one attached hydrogen (secondary N) is 1. The van der Waals surface area contributed by atoms with Gasteiger partial charge in [-0.3, -0.25) is 0 Å². The lowest BCUT2D eigenvalue weighted by atomic mass is 10.2. The highest BCUT2D eigenvalue weighted by Gasteiger charge is 2.16. The second-order valence-corrected chi connectivity index (χ2v) is 5.11. The molecule has 0 aliphatic carbocycles. The van der Waals surface area contributed by atoms with Crippen molar-refractivity contribution in [3.63, 3.8) is 0 Å². The number of ether oxygens (including phenoxy) is 1. The van der Waals surface area contributed by atoms with Crippen molar-refractivity contribution >= 4 is 17.4 Å². The second kappa shape index (κ2) is 3.73. The van der Waals surface area contributed by atoms with Crippen LogP contribution >= 0.6 is 11.8 Å². The van der Waals surface area contributed by atoms with Gasteiger partial charge >= 0.3 is 0 Å². The molecule has 1 unspecified atom stereocenters. The van der Waals surface area contributed by atoms with Gasteiger partial charge < -0.3 is 10.1 Å². The van der Waals surface area contributed by atoms with Crippen LogP contribution in [0, 0.1) is 6.92 Å². The fraction of sp³-hybridized carbons (Fsp3) is 0.455. The molecule has 0 fully saturated rings. The molecule has 0 spiro atoms. The Kier molecular flexibility index (Phi) is 2.59. The molecule has 0 saturated carbocycles. The highest BCUT2D eigenvalue weighted by Crippen LogP contribution is 2.38. The van der Waals surface area contributed by atoms with Gasteiger partial charge in [-0.2, -0.15) is 0 Å². The Morgan fingerprint density at radius 1 is 1.50 bits per heavy atom. The zero-order chi connectivity index (χ0) is 10.1. The van der Waals surface area contributed by atoms with E-state index in [1.807, 2.05) is 11.8 Å². The molecule has 0 amide bonds. The molecule has 1 aromatic rings. The van der Waals surface area contributed by atoms with Crippen molar-refractivity contribution in [3.8, 4) is 5.75 Å². The lowest BCUT2D eigenvalue weighted by Gasteiger charge is -2.24. The molecule has 1 aromatic carbocycles. The molecule has 1 N–H and O–H groups in total. The minimum atomic E-state index is 0.634. The lowest BCUT2D eigenvalue weighted by Crippen LogP contribution is -2.18. The van der Waals surface area contributed by atoms with Crippen LogP contribution in [-0.4, -0.2) is 18.9 Å². The average molecular weight is 209 g/mol. The predicted molar refractivity (Wildman–Crippen MR) is 61.5 cm³/mol. The Bertz CT molecular complexity index is 351. The molecule has 14 heavy (non-hydrogen) atoms. The van der Waals surface area contributed by atoms with Gasteiger partial charge in [-0.15, -0.1) is 11.8 Å². The first-order valence-corrected chi connectivity index (χ1v) is 5.68. The van der Waals surface area contributed by atoms with Crippen LogP contribution in [0.15, 0.2) is 17.0 Å². The van der Waals surface area contributed by atoms with Crippen LogP contribution < -0.4 is 10.1 Å². The van der Waals surface area contributed by atoms with Gasteiger partial charge in [0.05, 0.1) is 7.11 Å². The molecule has 0 radical (unpaired) electrons. The summed E-state index contributed by atoms with van der Waals surface area (Å²) < 4.78 is 5.31. The van der Waals surface area contributed by atoms with Crippen LogP contribution in [0.3, 0.4) is 0 Å². The minimum Gasteiger partial charge on any atom is -0.496 e. The van der Waals surface area contributed by atoms with Gasteiger partial charge in [0.1, 0.15) is 5.75 Å². The lowest BCUT2D eigenvalue weighted by molar-refractivity contribution is 0.410. The van der Waals surface area contributed by atoms with Crippen molar-refractivity contribution in [1.82, 2.24) is 0 Å². The van der Waals surface area contributed by atoms with E-state index >= 15 is 0 Å². The first-order chi connectivity index (χ1) is 6.70. The quantitative estimate of drug-likeness (QED) is 0.768. The summed E-state index contributed by atoms with van der Waals surface area (Å²) in [6.07, 6.45) is 0. The number of fused-ring (bicyclic) bond motifs is 1. The SMILES string of the molecule is COc1cc2c(cc1C)NCC(C)S2. The van der Waals surface area contributed by atoms with E-state index in [-0.39, 0.29) is 0 Å².